The second-order valence-electron chi connectivity index (χ2n) is 5.19. The van der Waals surface area contributed by atoms with Crippen LogP contribution in [0.25, 0.3) is 0 Å². The molecule has 0 saturated carbocycles. The molecule has 1 N–H and O–H groups in total. The molecule has 94 valence electrons. The Morgan fingerprint density at radius 3 is 2.81 bits per heavy atom. The molecule has 2 nitrogen and oxygen atoms in total. The minimum Gasteiger partial charge on any atom is -0.316 e. The molecule has 0 aliphatic carbocycles. The van der Waals surface area contributed by atoms with Gasteiger partial charge in [0.05, 0.1) is 0 Å². The van der Waals surface area contributed by atoms with Crippen LogP contribution >= 0.6 is 11.8 Å². The van der Waals surface area contributed by atoms with Crippen LogP contribution < -0.4 is 5.32 Å². The van der Waals surface area contributed by atoms with Crippen molar-refractivity contribution in [2.75, 3.05) is 44.2 Å². The van der Waals surface area contributed by atoms with Crippen LogP contribution in [0.1, 0.15) is 32.1 Å². The first-order valence-electron chi connectivity index (χ1n) is 6.96. The predicted octanol–water partition coefficient (Wildman–Crippen LogP) is 2.21. The van der Waals surface area contributed by atoms with E-state index >= 15 is 0 Å². The molecule has 0 amide bonds. The summed E-state index contributed by atoms with van der Waals surface area (Å²) in [5, 5.41) is 3.63. The minimum absolute atomic E-state index is 0.958. The zero-order chi connectivity index (χ0) is 11.1. The van der Waals surface area contributed by atoms with E-state index in [1.807, 2.05) is 0 Å². The van der Waals surface area contributed by atoms with Crippen LogP contribution in [0.5, 0.6) is 0 Å². The van der Waals surface area contributed by atoms with Crippen LogP contribution in [0.4, 0.5) is 0 Å². The van der Waals surface area contributed by atoms with E-state index in [0.717, 1.165) is 5.92 Å². The fraction of sp³-hybridized carbons (Fsp3) is 1.00. The highest BCUT2D eigenvalue weighted by molar-refractivity contribution is 7.99. The quantitative estimate of drug-likeness (QED) is 0.719. The van der Waals surface area contributed by atoms with Crippen LogP contribution in [0.3, 0.4) is 0 Å². The highest BCUT2D eigenvalue weighted by Gasteiger charge is 2.14. The Bertz CT molecular complexity index is 175. The molecule has 1 atom stereocenters. The molecule has 3 heteroatoms. The van der Waals surface area contributed by atoms with E-state index < -0.39 is 0 Å². The van der Waals surface area contributed by atoms with Crippen molar-refractivity contribution in [3.8, 4) is 0 Å². The van der Waals surface area contributed by atoms with E-state index in [0.29, 0.717) is 0 Å². The van der Waals surface area contributed by atoms with E-state index in [9.17, 15) is 0 Å². The van der Waals surface area contributed by atoms with Gasteiger partial charge in [-0.25, -0.2) is 0 Å². The Kier molecular flexibility index (Phi) is 6.02. The Labute approximate surface area is 105 Å². The standard InChI is InChI=1S/C13H26N2S/c1-2-7-15(8-3-1)9-4-6-14-11-13-5-10-16-12-13/h13-14H,1-12H2. The highest BCUT2D eigenvalue weighted by atomic mass is 32.2. The number of piperidine rings is 1. The molecule has 2 heterocycles. The first-order valence-corrected chi connectivity index (χ1v) is 8.11. The molecular weight excluding hydrogens is 216 g/mol. The first-order chi connectivity index (χ1) is 7.95. The van der Waals surface area contributed by atoms with Gasteiger partial charge < -0.3 is 10.2 Å². The third kappa shape index (κ3) is 4.64. The zero-order valence-electron chi connectivity index (χ0n) is 10.4. The second-order valence-corrected chi connectivity index (χ2v) is 6.34. The molecule has 2 rings (SSSR count). The van der Waals surface area contributed by atoms with Crippen molar-refractivity contribution in [3.05, 3.63) is 0 Å². The van der Waals surface area contributed by atoms with Gasteiger partial charge in [-0.2, -0.15) is 11.8 Å². The maximum Gasteiger partial charge on any atom is -0.000664 e. The summed E-state index contributed by atoms with van der Waals surface area (Å²) in [5.41, 5.74) is 0. The van der Waals surface area contributed by atoms with Crippen molar-refractivity contribution in [1.82, 2.24) is 10.2 Å². The summed E-state index contributed by atoms with van der Waals surface area (Å²) >= 11 is 2.12. The Morgan fingerprint density at radius 1 is 1.19 bits per heavy atom. The highest BCUT2D eigenvalue weighted by Crippen LogP contribution is 2.22. The molecule has 0 aromatic carbocycles. The summed E-state index contributed by atoms with van der Waals surface area (Å²) < 4.78 is 0. The fourth-order valence-corrected chi connectivity index (χ4v) is 3.95. The lowest BCUT2D eigenvalue weighted by Gasteiger charge is -2.26. The molecule has 2 aliphatic heterocycles. The Morgan fingerprint density at radius 2 is 2.06 bits per heavy atom. The van der Waals surface area contributed by atoms with Crippen LogP contribution in [0.2, 0.25) is 0 Å². The average molecular weight is 242 g/mol. The molecule has 16 heavy (non-hydrogen) atoms. The van der Waals surface area contributed by atoms with Crippen molar-refractivity contribution in [1.29, 1.82) is 0 Å². The summed E-state index contributed by atoms with van der Waals surface area (Å²) in [6.45, 7) is 6.48. The summed E-state index contributed by atoms with van der Waals surface area (Å²) in [4.78, 5) is 2.64. The SMILES string of the molecule is C1CCN(CCCNCC2CCSC2)CC1. The van der Waals surface area contributed by atoms with Crippen molar-refractivity contribution in [2.45, 2.75) is 32.1 Å². The number of hydrogen-bond acceptors (Lipinski definition) is 3. The predicted molar refractivity (Wildman–Crippen MR) is 73.2 cm³/mol. The summed E-state index contributed by atoms with van der Waals surface area (Å²) in [6.07, 6.45) is 7.07. The van der Waals surface area contributed by atoms with Crippen molar-refractivity contribution < 1.29 is 0 Å². The first kappa shape index (κ1) is 12.7. The number of likely N-dealkylation sites (tertiary alicyclic amines) is 1. The van der Waals surface area contributed by atoms with Gasteiger partial charge >= 0.3 is 0 Å². The van der Waals surface area contributed by atoms with Gasteiger partial charge in [-0.05, 0) is 75.8 Å². The third-order valence-corrected chi connectivity index (χ3v) is 4.97. The molecule has 0 bridgehead atoms. The fourth-order valence-electron chi connectivity index (χ4n) is 2.66. The van der Waals surface area contributed by atoms with Gasteiger partial charge in [0.15, 0.2) is 0 Å². The Hall–Kier alpha value is 0.270. The van der Waals surface area contributed by atoms with E-state index in [2.05, 4.69) is 22.0 Å². The lowest BCUT2D eigenvalue weighted by atomic mass is 10.1. The van der Waals surface area contributed by atoms with Crippen molar-refractivity contribution in [3.63, 3.8) is 0 Å². The maximum absolute atomic E-state index is 3.63. The van der Waals surface area contributed by atoms with E-state index in [4.69, 9.17) is 0 Å². The molecule has 0 aromatic rings. The van der Waals surface area contributed by atoms with Crippen LogP contribution in [0, 0.1) is 5.92 Å². The number of nitrogens with one attached hydrogen (secondary N) is 1. The van der Waals surface area contributed by atoms with Gasteiger partial charge in [0, 0.05) is 0 Å². The van der Waals surface area contributed by atoms with Crippen LogP contribution in [0.15, 0.2) is 0 Å². The molecular formula is C13H26N2S. The number of thioether (sulfide) groups is 1. The third-order valence-electron chi connectivity index (χ3n) is 3.73. The topological polar surface area (TPSA) is 15.3 Å². The monoisotopic (exact) mass is 242 g/mol. The number of rotatable bonds is 6. The van der Waals surface area contributed by atoms with Gasteiger partial charge in [-0.1, -0.05) is 6.42 Å². The lowest BCUT2D eigenvalue weighted by molar-refractivity contribution is 0.225. The van der Waals surface area contributed by atoms with Gasteiger partial charge in [0.25, 0.3) is 0 Å². The van der Waals surface area contributed by atoms with E-state index in [1.165, 1.54) is 76.3 Å². The molecule has 0 radical (unpaired) electrons. The zero-order valence-corrected chi connectivity index (χ0v) is 11.2. The van der Waals surface area contributed by atoms with Crippen LogP contribution in [-0.2, 0) is 0 Å². The summed E-state index contributed by atoms with van der Waals surface area (Å²) in [6, 6.07) is 0. The normalized spacial score (nSPS) is 27.4. The van der Waals surface area contributed by atoms with Gasteiger partial charge in [0.1, 0.15) is 0 Å². The summed E-state index contributed by atoms with van der Waals surface area (Å²) in [5.74, 6) is 3.74. The van der Waals surface area contributed by atoms with Gasteiger partial charge in [-0.15, -0.1) is 0 Å². The number of nitrogens with zero attached hydrogens (tertiary/aromatic N) is 1. The second kappa shape index (κ2) is 7.57. The largest absolute Gasteiger partial charge is 0.316 e. The lowest BCUT2D eigenvalue weighted by Crippen LogP contribution is -2.33. The van der Waals surface area contributed by atoms with E-state index in [1.54, 1.807) is 0 Å². The molecule has 2 aliphatic rings. The average Bonchev–Trinajstić information content (AvgIpc) is 2.83. The molecule has 0 spiro atoms. The Balaban J connectivity index is 1.42. The number of hydrogen-bond donors (Lipinski definition) is 1. The minimum atomic E-state index is 0.958. The molecule has 2 fully saturated rings. The van der Waals surface area contributed by atoms with Gasteiger partial charge in [0.2, 0.25) is 0 Å². The van der Waals surface area contributed by atoms with Crippen LogP contribution in [-0.4, -0.2) is 49.1 Å². The van der Waals surface area contributed by atoms with Gasteiger partial charge in [-0.3, -0.25) is 0 Å². The smallest absolute Gasteiger partial charge is 0.000664 e. The van der Waals surface area contributed by atoms with Crippen molar-refractivity contribution in [2.24, 2.45) is 5.92 Å². The molecule has 2 saturated heterocycles. The van der Waals surface area contributed by atoms with Crippen molar-refractivity contribution >= 4 is 11.8 Å². The maximum atomic E-state index is 3.63. The molecule has 1 unspecified atom stereocenters. The van der Waals surface area contributed by atoms with E-state index in [-0.39, 0.29) is 0 Å². The molecule has 0 aromatic heterocycles. The summed E-state index contributed by atoms with van der Waals surface area (Å²) in [7, 11) is 0.